The quantitative estimate of drug-likeness (QED) is 0.427. The fraction of sp³-hybridized carbons (Fsp3) is 0.846. The molecule has 0 aliphatic carbocycles. The van der Waals surface area contributed by atoms with Gasteiger partial charge in [-0.05, 0) is 26.8 Å². The van der Waals surface area contributed by atoms with Crippen molar-refractivity contribution >= 4 is 20.2 Å². The predicted molar refractivity (Wildman–Crippen MR) is 77.2 cm³/mol. The maximum absolute atomic E-state index is 11.5. The van der Waals surface area contributed by atoms with E-state index in [2.05, 4.69) is 24.4 Å². The van der Waals surface area contributed by atoms with Crippen molar-refractivity contribution in [2.24, 2.45) is 0 Å². The van der Waals surface area contributed by atoms with Crippen molar-refractivity contribution in [3.63, 3.8) is 0 Å². The van der Waals surface area contributed by atoms with Crippen LogP contribution >= 0.6 is 0 Å². The van der Waals surface area contributed by atoms with Crippen LogP contribution in [0.4, 0.5) is 4.79 Å². The Labute approximate surface area is 121 Å². The largest absolute Gasteiger partial charge is 0.511 e. The topological polar surface area (TPSA) is 71.1 Å². The van der Waals surface area contributed by atoms with Crippen LogP contribution in [-0.2, 0) is 23.7 Å². The van der Waals surface area contributed by atoms with Crippen LogP contribution in [0.5, 0.6) is 0 Å². The Morgan fingerprint density at radius 3 is 2.10 bits per heavy atom. The smallest absolute Gasteiger partial charge is 0.464 e. The Balaban J connectivity index is 4.43. The lowest BCUT2D eigenvalue weighted by Crippen LogP contribution is -2.35. The zero-order chi connectivity index (χ0) is 16.0. The van der Waals surface area contributed by atoms with Crippen LogP contribution in [0.25, 0.3) is 0 Å². The summed E-state index contributed by atoms with van der Waals surface area (Å²) in [5.41, 5.74) is -0.698. The molecule has 0 radical (unpaired) electrons. The molecule has 0 aliphatic rings. The van der Waals surface area contributed by atoms with Gasteiger partial charge < -0.3 is 18.9 Å². The molecule has 0 heterocycles. The number of hydrogen-bond donors (Lipinski definition) is 0. The van der Waals surface area contributed by atoms with Crippen molar-refractivity contribution in [1.82, 2.24) is 0 Å². The van der Waals surface area contributed by atoms with E-state index < -0.39 is 32.1 Å². The molecule has 0 aromatic rings. The minimum atomic E-state index is -1.38. The van der Waals surface area contributed by atoms with Crippen LogP contribution in [0, 0.1) is 0 Å². The molecule has 0 fully saturated rings. The second-order valence-corrected chi connectivity index (χ2v) is 12.2. The van der Waals surface area contributed by atoms with E-state index >= 15 is 0 Å². The number of hydrogen-bond acceptors (Lipinski definition) is 6. The van der Waals surface area contributed by atoms with E-state index in [-0.39, 0.29) is 0 Å². The summed E-state index contributed by atoms with van der Waals surface area (Å²) in [6.45, 7) is 12.0. The molecular weight excluding hydrogens is 280 g/mol. The molecule has 0 spiro atoms. The molecule has 6 nitrogen and oxygen atoms in total. The van der Waals surface area contributed by atoms with E-state index in [1.54, 1.807) is 20.8 Å². The summed E-state index contributed by atoms with van der Waals surface area (Å²) in [4.78, 5) is 23.0. The highest BCUT2D eigenvalue weighted by atomic mass is 28.3. The van der Waals surface area contributed by atoms with Gasteiger partial charge in [-0.15, -0.1) is 0 Å². The molecule has 1 unspecified atom stereocenters. The first-order chi connectivity index (χ1) is 8.94. The van der Waals surface area contributed by atoms with Gasteiger partial charge in [-0.1, -0.05) is 19.6 Å². The highest BCUT2D eigenvalue weighted by Gasteiger charge is 2.28. The fourth-order valence-corrected chi connectivity index (χ4v) is 1.81. The summed E-state index contributed by atoms with van der Waals surface area (Å²) >= 11 is 0. The van der Waals surface area contributed by atoms with Crippen LogP contribution < -0.4 is 0 Å². The molecule has 20 heavy (non-hydrogen) atoms. The summed E-state index contributed by atoms with van der Waals surface area (Å²) < 4.78 is 19.7. The van der Waals surface area contributed by atoms with Crippen molar-refractivity contribution in [3.05, 3.63) is 0 Å². The number of rotatable bonds is 6. The first kappa shape index (κ1) is 18.9. The van der Waals surface area contributed by atoms with E-state index in [0.717, 1.165) is 6.04 Å². The normalized spacial score (nSPS) is 13.6. The second kappa shape index (κ2) is 7.63. The molecule has 0 saturated carbocycles. The lowest BCUT2D eigenvalue weighted by molar-refractivity contribution is -0.185. The second-order valence-electron chi connectivity index (χ2n) is 6.62. The molecule has 0 aliphatic heterocycles. The monoisotopic (exact) mass is 306 g/mol. The maximum atomic E-state index is 11.5. The Morgan fingerprint density at radius 2 is 1.70 bits per heavy atom. The van der Waals surface area contributed by atoms with Crippen molar-refractivity contribution < 1.29 is 28.5 Å². The molecule has 7 heteroatoms. The number of esters is 1. The molecule has 0 aromatic heterocycles. The van der Waals surface area contributed by atoms with E-state index in [1.165, 1.54) is 7.11 Å². The lowest BCUT2D eigenvalue weighted by Gasteiger charge is -2.22. The maximum Gasteiger partial charge on any atom is 0.511 e. The minimum absolute atomic E-state index is 0.332. The van der Waals surface area contributed by atoms with Gasteiger partial charge in [-0.25, -0.2) is 9.59 Å². The third kappa shape index (κ3) is 9.80. The lowest BCUT2D eigenvalue weighted by atomic mass is 10.2. The Morgan fingerprint density at radius 1 is 1.15 bits per heavy atom. The summed E-state index contributed by atoms with van der Waals surface area (Å²) in [6, 6.07) is 0.845. The number of ether oxygens (including phenoxy) is 4. The first-order valence-corrected chi connectivity index (χ1v) is 10.2. The van der Waals surface area contributed by atoms with E-state index in [0.29, 0.717) is 6.61 Å². The van der Waals surface area contributed by atoms with Crippen molar-refractivity contribution in [1.29, 1.82) is 0 Å². The molecule has 0 aromatic carbocycles. The van der Waals surface area contributed by atoms with Gasteiger partial charge in [0, 0.05) is 14.7 Å². The van der Waals surface area contributed by atoms with Crippen LogP contribution in [0.3, 0.4) is 0 Å². The van der Waals surface area contributed by atoms with Gasteiger partial charge in [-0.2, -0.15) is 0 Å². The molecular formula is C13H26O6Si. The van der Waals surface area contributed by atoms with Crippen molar-refractivity contribution in [2.75, 3.05) is 13.7 Å². The van der Waals surface area contributed by atoms with Gasteiger partial charge >= 0.3 is 18.4 Å². The van der Waals surface area contributed by atoms with Gasteiger partial charge in [0.1, 0.15) is 5.60 Å². The molecule has 0 saturated heterocycles. The molecule has 0 bridgehead atoms. The van der Waals surface area contributed by atoms with Gasteiger partial charge in [0.25, 0.3) is 0 Å². The minimum Gasteiger partial charge on any atom is -0.464 e. The van der Waals surface area contributed by atoms with Crippen LogP contribution in [0.15, 0.2) is 0 Å². The third-order valence-electron chi connectivity index (χ3n) is 2.11. The average molecular weight is 306 g/mol. The highest BCUT2D eigenvalue weighted by Crippen LogP contribution is 2.12. The van der Waals surface area contributed by atoms with Gasteiger partial charge in [-0.3, -0.25) is 0 Å². The van der Waals surface area contributed by atoms with E-state index in [1.807, 2.05) is 0 Å². The zero-order valence-corrected chi connectivity index (χ0v) is 14.4. The summed E-state index contributed by atoms with van der Waals surface area (Å²) in [5, 5.41) is 0. The third-order valence-corrected chi connectivity index (χ3v) is 3.81. The fourth-order valence-electron chi connectivity index (χ4n) is 1.08. The van der Waals surface area contributed by atoms with Crippen LogP contribution in [0.1, 0.15) is 20.8 Å². The predicted octanol–water partition coefficient (Wildman–Crippen LogP) is 2.79. The number of carbonyl (C=O) groups is 2. The van der Waals surface area contributed by atoms with E-state index in [4.69, 9.17) is 14.2 Å². The molecule has 1 atom stereocenters. The summed E-state index contributed by atoms with van der Waals surface area (Å²) in [6.07, 6.45) is -2.34. The average Bonchev–Trinajstić information content (AvgIpc) is 2.22. The molecule has 0 amide bonds. The first-order valence-electron chi connectivity index (χ1n) is 6.54. The van der Waals surface area contributed by atoms with E-state index in [9.17, 15) is 9.59 Å². The van der Waals surface area contributed by atoms with Crippen LogP contribution in [0.2, 0.25) is 25.7 Å². The van der Waals surface area contributed by atoms with Gasteiger partial charge in [0.15, 0.2) is 0 Å². The van der Waals surface area contributed by atoms with Crippen molar-refractivity contribution in [3.8, 4) is 0 Å². The number of carbonyl (C=O) groups excluding carboxylic acids is 2. The SMILES string of the molecule is COC(=O)C(OCC[Si](C)(C)C)OC(=O)OC(C)(C)C. The number of methoxy groups -OCH3 is 1. The molecule has 0 rings (SSSR count). The Bertz CT molecular complexity index is 329. The highest BCUT2D eigenvalue weighted by molar-refractivity contribution is 6.76. The van der Waals surface area contributed by atoms with Gasteiger partial charge in [0.05, 0.1) is 7.11 Å². The molecule has 118 valence electrons. The van der Waals surface area contributed by atoms with Gasteiger partial charge in [0.2, 0.25) is 0 Å². The Kier molecular flexibility index (Phi) is 7.22. The zero-order valence-electron chi connectivity index (χ0n) is 13.4. The van der Waals surface area contributed by atoms with Crippen molar-refractivity contribution in [2.45, 2.75) is 58.3 Å². The standard InChI is InChI=1S/C13H26O6Si/c1-13(2,3)19-12(15)18-11(10(14)16-4)17-8-9-20(5,6)7/h11H,8-9H2,1-7H3. The van der Waals surface area contributed by atoms with Crippen LogP contribution in [-0.4, -0.2) is 45.8 Å². The Hall–Kier alpha value is -1.08. The summed E-state index contributed by atoms with van der Waals surface area (Å²) in [7, 11) is -0.0920. The summed E-state index contributed by atoms with van der Waals surface area (Å²) in [5.74, 6) is -0.758. The molecule has 0 N–H and O–H groups in total.